The standard InChI is InChI=1S/C28H25ClF3N3O2/c1-16(2)13-25(36)33-20-10-7-17(8-11-20)26-21-15-19(29)9-12-23(21)35-27(37)24(34-26)14-18-5-3-4-6-22(18)28(30,31)32/h3-12,15-16,24H,13-14H2,1-2H3,(H,33,36)(H,35,37). The molecule has 0 aliphatic carbocycles. The fourth-order valence-electron chi connectivity index (χ4n) is 4.17. The number of nitrogens with zero attached hydrogens (tertiary/aromatic N) is 1. The van der Waals surface area contributed by atoms with Crippen molar-refractivity contribution >= 4 is 40.5 Å². The summed E-state index contributed by atoms with van der Waals surface area (Å²) < 4.78 is 40.8. The van der Waals surface area contributed by atoms with Crippen LogP contribution in [0.3, 0.4) is 0 Å². The third-order valence-corrected chi connectivity index (χ3v) is 6.09. The van der Waals surface area contributed by atoms with E-state index in [4.69, 9.17) is 11.6 Å². The number of aliphatic imine (C=N–C) groups is 1. The van der Waals surface area contributed by atoms with Gasteiger partial charge in [0.1, 0.15) is 6.04 Å². The number of rotatable bonds is 6. The summed E-state index contributed by atoms with van der Waals surface area (Å²) in [5, 5.41) is 6.04. The minimum Gasteiger partial charge on any atom is -0.326 e. The van der Waals surface area contributed by atoms with Crippen LogP contribution in [0.2, 0.25) is 5.02 Å². The van der Waals surface area contributed by atoms with Crippen LogP contribution in [0.25, 0.3) is 0 Å². The number of amides is 2. The van der Waals surface area contributed by atoms with Crippen LogP contribution in [0.4, 0.5) is 24.5 Å². The number of benzodiazepines with no additional fused rings is 1. The number of fused-ring (bicyclic) bond motifs is 1. The highest BCUT2D eigenvalue weighted by molar-refractivity contribution is 6.32. The minimum absolute atomic E-state index is 0.0227. The molecule has 1 atom stereocenters. The van der Waals surface area contributed by atoms with Crippen LogP contribution in [0, 0.1) is 5.92 Å². The Morgan fingerprint density at radius 3 is 2.46 bits per heavy atom. The lowest BCUT2D eigenvalue weighted by Crippen LogP contribution is -2.28. The summed E-state index contributed by atoms with van der Waals surface area (Å²) in [5.41, 5.74) is 1.80. The van der Waals surface area contributed by atoms with Crippen LogP contribution < -0.4 is 10.6 Å². The zero-order chi connectivity index (χ0) is 26.7. The minimum atomic E-state index is -4.56. The first-order valence-electron chi connectivity index (χ1n) is 11.7. The molecule has 5 nitrogen and oxygen atoms in total. The molecule has 0 spiro atoms. The summed E-state index contributed by atoms with van der Waals surface area (Å²) in [7, 11) is 0. The lowest BCUT2D eigenvalue weighted by Gasteiger charge is -2.16. The number of carbonyl (C=O) groups is 2. The van der Waals surface area contributed by atoms with Gasteiger partial charge in [0.05, 0.1) is 17.0 Å². The maximum atomic E-state index is 13.6. The predicted molar refractivity (Wildman–Crippen MR) is 139 cm³/mol. The molecule has 1 aliphatic rings. The van der Waals surface area contributed by atoms with Crippen molar-refractivity contribution in [2.24, 2.45) is 10.9 Å². The molecule has 3 aromatic carbocycles. The maximum Gasteiger partial charge on any atom is 0.416 e. The highest BCUT2D eigenvalue weighted by Gasteiger charge is 2.35. The summed E-state index contributed by atoms with van der Waals surface area (Å²) in [4.78, 5) is 29.9. The summed E-state index contributed by atoms with van der Waals surface area (Å²) in [6.07, 6.45) is -4.41. The van der Waals surface area contributed by atoms with Crippen LogP contribution in [0.1, 0.15) is 42.5 Å². The lowest BCUT2D eigenvalue weighted by molar-refractivity contribution is -0.138. The van der Waals surface area contributed by atoms with E-state index in [1.165, 1.54) is 18.2 Å². The number of nitrogens with one attached hydrogen (secondary N) is 2. The van der Waals surface area contributed by atoms with Gasteiger partial charge >= 0.3 is 6.18 Å². The quantitative estimate of drug-likeness (QED) is 0.372. The number of carbonyl (C=O) groups excluding carboxylic acids is 2. The van der Waals surface area contributed by atoms with Crippen molar-refractivity contribution < 1.29 is 22.8 Å². The van der Waals surface area contributed by atoms with Gasteiger partial charge < -0.3 is 10.6 Å². The molecule has 9 heteroatoms. The van der Waals surface area contributed by atoms with E-state index in [2.05, 4.69) is 15.6 Å². The van der Waals surface area contributed by atoms with Gasteiger partial charge in [0.15, 0.2) is 0 Å². The monoisotopic (exact) mass is 527 g/mol. The Balaban J connectivity index is 1.73. The van der Waals surface area contributed by atoms with Gasteiger partial charge in [-0.1, -0.05) is 55.8 Å². The normalized spacial score (nSPS) is 15.5. The van der Waals surface area contributed by atoms with Crippen molar-refractivity contribution in [3.8, 4) is 0 Å². The number of hydrogen-bond donors (Lipinski definition) is 2. The van der Waals surface area contributed by atoms with Crippen LogP contribution in [0.5, 0.6) is 0 Å². The van der Waals surface area contributed by atoms with Gasteiger partial charge in [-0.3, -0.25) is 14.6 Å². The highest BCUT2D eigenvalue weighted by atomic mass is 35.5. The Bertz CT molecular complexity index is 1350. The van der Waals surface area contributed by atoms with Crippen molar-refractivity contribution in [1.29, 1.82) is 0 Å². The molecule has 3 aromatic rings. The Morgan fingerprint density at radius 1 is 1.08 bits per heavy atom. The Kier molecular flexibility index (Phi) is 7.68. The molecular weight excluding hydrogens is 503 g/mol. The number of halogens is 4. The average molecular weight is 528 g/mol. The number of alkyl halides is 3. The smallest absolute Gasteiger partial charge is 0.326 e. The molecule has 2 amide bonds. The number of benzene rings is 3. The van der Waals surface area contributed by atoms with Crippen molar-refractivity contribution in [2.45, 2.75) is 38.9 Å². The summed E-state index contributed by atoms with van der Waals surface area (Å²) >= 11 is 6.24. The highest BCUT2D eigenvalue weighted by Crippen LogP contribution is 2.34. The molecule has 4 rings (SSSR count). The predicted octanol–water partition coefficient (Wildman–Crippen LogP) is 6.74. The van der Waals surface area contributed by atoms with E-state index in [0.717, 1.165) is 6.07 Å². The Labute approximate surface area is 217 Å². The molecule has 0 fully saturated rings. The molecule has 0 saturated heterocycles. The summed E-state index contributed by atoms with van der Waals surface area (Å²) in [6, 6.07) is 15.9. The molecule has 1 aliphatic heterocycles. The van der Waals surface area contributed by atoms with E-state index in [0.29, 0.717) is 39.7 Å². The zero-order valence-corrected chi connectivity index (χ0v) is 21.0. The van der Waals surface area contributed by atoms with E-state index in [1.54, 1.807) is 42.5 Å². The van der Waals surface area contributed by atoms with Crippen molar-refractivity contribution in [2.75, 3.05) is 10.6 Å². The summed E-state index contributed by atoms with van der Waals surface area (Å²) in [5.74, 6) is -0.414. The lowest BCUT2D eigenvalue weighted by atomic mass is 9.98. The second kappa shape index (κ2) is 10.8. The van der Waals surface area contributed by atoms with E-state index >= 15 is 0 Å². The second-order valence-corrected chi connectivity index (χ2v) is 9.69. The van der Waals surface area contributed by atoms with Gasteiger partial charge in [-0.15, -0.1) is 0 Å². The van der Waals surface area contributed by atoms with Crippen LogP contribution in [-0.2, 0) is 22.2 Å². The van der Waals surface area contributed by atoms with Gasteiger partial charge in [-0.25, -0.2) is 0 Å². The fourth-order valence-corrected chi connectivity index (χ4v) is 4.34. The summed E-state index contributed by atoms with van der Waals surface area (Å²) in [6.45, 7) is 3.91. The topological polar surface area (TPSA) is 70.6 Å². The van der Waals surface area contributed by atoms with E-state index < -0.39 is 23.7 Å². The molecule has 1 heterocycles. The average Bonchev–Trinajstić information content (AvgIpc) is 2.95. The molecule has 1 unspecified atom stereocenters. The van der Waals surface area contributed by atoms with Crippen molar-refractivity contribution in [3.05, 3.63) is 94.0 Å². The van der Waals surface area contributed by atoms with Gasteiger partial charge in [-0.05, 0) is 47.9 Å². The molecule has 0 saturated carbocycles. The Morgan fingerprint density at radius 2 is 1.78 bits per heavy atom. The molecule has 37 heavy (non-hydrogen) atoms. The SMILES string of the molecule is CC(C)CC(=O)Nc1ccc(C2=NC(Cc3ccccc3C(F)(F)F)C(=O)Nc3ccc(Cl)cc32)cc1. The molecule has 0 radical (unpaired) electrons. The fraction of sp³-hybridized carbons (Fsp3) is 0.250. The second-order valence-electron chi connectivity index (χ2n) is 9.26. The Hall–Kier alpha value is -3.65. The van der Waals surface area contributed by atoms with Crippen molar-refractivity contribution in [3.63, 3.8) is 0 Å². The number of hydrogen-bond acceptors (Lipinski definition) is 3. The first-order chi connectivity index (χ1) is 17.5. The first-order valence-corrected chi connectivity index (χ1v) is 12.1. The number of anilines is 2. The largest absolute Gasteiger partial charge is 0.416 e. The van der Waals surface area contributed by atoms with Gasteiger partial charge in [0, 0.05) is 34.7 Å². The van der Waals surface area contributed by atoms with Gasteiger partial charge in [0.25, 0.3) is 0 Å². The third-order valence-electron chi connectivity index (χ3n) is 5.85. The van der Waals surface area contributed by atoms with Crippen LogP contribution in [-0.4, -0.2) is 23.6 Å². The van der Waals surface area contributed by atoms with Gasteiger partial charge in [-0.2, -0.15) is 13.2 Å². The first kappa shape index (κ1) is 26.4. The van der Waals surface area contributed by atoms with E-state index in [-0.39, 0.29) is 23.8 Å². The van der Waals surface area contributed by atoms with E-state index in [9.17, 15) is 22.8 Å². The van der Waals surface area contributed by atoms with Crippen LogP contribution in [0.15, 0.2) is 71.7 Å². The van der Waals surface area contributed by atoms with Gasteiger partial charge in [0.2, 0.25) is 11.8 Å². The van der Waals surface area contributed by atoms with E-state index in [1.807, 2.05) is 13.8 Å². The van der Waals surface area contributed by atoms with Crippen molar-refractivity contribution in [1.82, 2.24) is 0 Å². The molecule has 2 N–H and O–H groups in total. The van der Waals surface area contributed by atoms with Crippen LogP contribution >= 0.6 is 11.6 Å². The maximum absolute atomic E-state index is 13.6. The third kappa shape index (κ3) is 6.38. The zero-order valence-electron chi connectivity index (χ0n) is 20.2. The molecule has 0 bridgehead atoms. The molecule has 192 valence electrons. The molecular formula is C28H25ClF3N3O2. The molecule has 0 aromatic heterocycles.